The van der Waals surface area contributed by atoms with Crippen molar-refractivity contribution in [1.82, 2.24) is 0 Å². The Hall–Kier alpha value is -1.18. The molecule has 1 N–H and O–H groups in total. The van der Waals surface area contributed by atoms with Crippen LogP contribution < -0.4 is 10.1 Å². The van der Waals surface area contributed by atoms with Gasteiger partial charge in [-0.05, 0) is 18.1 Å². The highest BCUT2D eigenvalue weighted by Crippen LogP contribution is 2.40. The van der Waals surface area contributed by atoms with Crippen LogP contribution in [0.5, 0.6) is 5.75 Å². The maximum atomic E-state index is 5.40. The van der Waals surface area contributed by atoms with Crippen molar-refractivity contribution in [2.24, 2.45) is 0 Å². The fourth-order valence-electron chi connectivity index (χ4n) is 2.83. The zero-order valence-electron chi connectivity index (χ0n) is 11.7. The average Bonchev–Trinajstić information content (AvgIpc) is 2.82. The molecule has 1 heterocycles. The van der Waals surface area contributed by atoms with Gasteiger partial charge < -0.3 is 10.1 Å². The SMILES string of the molecule is CCCCCCCC1CNc2c(OC)cccc21. The molecule has 0 saturated carbocycles. The van der Waals surface area contributed by atoms with E-state index in [1.165, 1.54) is 49.8 Å². The summed E-state index contributed by atoms with van der Waals surface area (Å²) >= 11 is 0. The molecule has 18 heavy (non-hydrogen) atoms. The number of anilines is 1. The molecule has 2 nitrogen and oxygen atoms in total. The van der Waals surface area contributed by atoms with E-state index < -0.39 is 0 Å². The Bertz CT molecular complexity index is 375. The minimum absolute atomic E-state index is 0.678. The van der Waals surface area contributed by atoms with Gasteiger partial charge in [-0.25, -0.2) is 0 Å². The Morgan fingerprint density at radius 2 is 2.06 bits per heavy atom. The van der Waals surface area contributed by atoms with Crippen molar-refractivity contribution in [2.45, 2.75) is 51.4 Å². The highest BCUT2D eigenvalue weighted by molar-refractivity contribution is 5.66. The Kier molecular flexibility index (Phi) is 4.91. The van der Waals surface area contributed by atoms with Crippen molar-refractivity contribution in [3.05, 3.63) is 23.8 Å². The van der Waals surface area contributed by atoms with Gasteiger partial charge >= 0.3 is 0 Å². The van der Waals surface area contributed by atoms with Gasteiger partial charge in [0.1, 0.15) is 5.75 Å². The lowest BCUT2D eigenvalue weighted by molar-refractivity contribution is 0.416. The molecular weight excluding hydrogens is 222 g/mol. The fourth-order valence-corrected chi connectivity index (χ4v) is 2.83. The first kappa shape index (κ1) is 13.3. The fraction of sp³-hybridized carbons (Fsp3) is 0.625. The van der Waals surface area contributed by atoms with Gasteiger partial charge in [0.25, 0.3) is 0 Å². The van der Waals surface area contributed by atoms with Gasteiger partial charge in [-0.15, -0.1) is 0 Å². The predicted molar refractivity (Wildman–Crippen MR) is 77.6 cm³/mol. The van der Waals surface area contributed by atoms with Crippen molar-refractivity contribution in [1.29, 1.82) is 0 Å². The lowest BCUT2D eigenvalue weighted by Crippen LogP contribution is -2.01. The quantitative estimate of drug-likeness (QED) is 0.713. The predicted octanol–water partition coefficient (Wildman–Crippen LogP) is 4.56. The highest BCUT2D eigenvalue weighted by atomic mass is 16.5. The minimum Gasteiger partial charge on any atom is -0.495 e. The van der Waals surface area contributed by atoms with Gasteiger partial charge in [0.15, 0.2) is 0 Å². The maximum Gasteiger partial charge on any atom is 0.142 e. The van der Waals surface area contributed by atoms with Gasteiger partial charge in [0.2, 0.25) is 0 Å². The third-order valence-electron chi connectivity index (χ3n) is 3.90. The van der Waals surface area contributed by atoms with E-state index in [1.54, 1.807) is 7.11 Å². The maximum absolute atomic E-state index is 5.40. The van der Waals surface area contributed by atoms with E-state index in [-0.39, 0.29) is 0 Å². The Labute approximate surface area is 111 Å². The molecule has 0 fully saturated rings. The largest absolute Gasteiger partial charge is 0.495 e. The lowest BCUT2D eigenvalue weighted by atomic mass is 9.94. The molecule has 100 valence electrons. The summed E-state index contributed by atoms with van der Waals surface area (Å²) in [7, 11) is 1.75. The van der Waals surface area contributed by atoms with Crippen LogP contribution in [0.1, 0.15) is 56.9 Å². The van der Waals surface area contributed by atoms with Crippen LogP contribution in [0.15, 0.2) is 18.2 Å². The summed E-state index contributed by atoms with van der Waals surface area (Å²) in [4.78, 5) is 0. The number of benzene rings is 1. The molecule has 2 heteroatoms. The summed E-state index contributed by atoms with van der Waals surface area (Å²) in [6.07, 6.45) is 8.13. The van der Waals surface area contributed by atoms with E-state index in [9.17, 15) is 0 Å². The van der Waals surface area contributed by atoms with Crippen LogP contribution in [0, 0.1) is 0 Å². The van der Waals surface area contributed by atoms with Crippen LogP contribution in [-0.2, 0) is 0 Å². The zero-order valence-corrected chi connectivity index (χ0v) is 11.7. The molecule has 1 aromatic rings. The van der Waals surface area contributed by atoms with Crippen molar-refractivity contribution < 1.29 is 4.74 Å². The first-order valence-electron chi connectivity index (χ1n) is 7.27. The van der Waals surface area contributed by atoms with Gasteiger partial charge in [-0.3, -0.25) is 0 Å². The van der Waals surface area contributed by atoms with E-state index >= 15 is 0 Å². The van der Waals surface area contributed by atoms with Crippen LogP contribution in [0.4, 0.5) is 5.69 Å². The summed E-state index contributed by atoms with van der Waals surface area (Å²) in [5, 5.41) is 3.50. The smallest absolute Gasteiger partial charge is 0.142 e. The summed E-state index contributed by atoms with van der Waals surface area (Å²) < 4.78 is 5.40. The number of fused-ring (bicyclic) bond motifs is 1. The van der Waals surface area contributed by atoms with Gasteiger partial charge in [-0.1, -0.05) is 51.2 Å². The number of rotatable bonds is 7. The number of nitrogens with one attached hydrogen (secondary N) is 1. The van der Waals surface area contributed by atoms with Crippen molar-refractivity contribution in [2.75, 3.05) is 19.0 Å². The van der Waals surface area contributed by atoms with Crippen LogP contribution in [-0.4, -0.2) is 13.7 Å². The van der Waals surface area contributed by atoms with Crippen molar-refractivity contribution in [3.8, 4) is 5.75 Å². The van der Waals surface area contributed by atoms with E-state index in [4.69, 9.17) is 4.74 Å². The second-order valence-electron chi connectivity index (χ2n) is 5.21. The molecule has 1 aliphatic heterocycles. The number of methoxy groups -OCH3 is 1. The second-order valence-corrected chi connectivity index (χ2v) is 5.21. The zero-order chi connectivity index (χ0) is 12.8. The third kappa shape index (κ3) is 2.98. The molecule has 1 atom stereocenters. The van der Waals surface area contributed by atoms with E-state index in [1.807, 2.05) is 6.07 Å². The molecule has 1 aromatic carbocycles. The molecular formula is C16H25NO. The summed E-state index contributed by atoms with van der Waals surface area (Å²) in [5.41, 5.74) is 2.67. The number of ether oxygens (including phenoxy) is 1. The Balaban J connectivity index is 1.87. The molecule has 2 rings (SSSR count). The molecule has 0 saturated heterocycles. The Morgan fingerprint density at radius 3 is 2.83 bits per heavy atom. The number of unbranched alkanes of at least 4 members (excludes halogenated alkanes) is 4. The number of hydrogen-bond acceptors (Lipinski definition) is 2. The van der Waals surface area contributed by atoms with Gasteiger partial charge in [0, 0.05) is 12.5 Å². The minimum atomic E-state index is 0.678. The van der Waals surface area contributed by atoms with Crippen LogP contribution >= 0.6 is 0 Å². The second kappa shape index (κ2) is 6.67. The van der Waals surface area contributed by atoms with E-state index in [0.717, 1.165) is 12.3 Å². The van der Waals surface area contributed by atoms with Gasteiger partial charge in [0.05, 0.1) is 12.8 Å². The van der Waals surface area contributed by atoms with Crippen LogP contribution in [0.2, 0.25) is 0 Å². The molecule has 1 unspecified atom stereocenters. The van der Waals surface area contributed by atoms with E-state index in [2.05, 4.69) is 24.4 Å². The first-order chi connectivity index (χ1) is 8.86. The molecule has 0 aliphatic carbocycles. The molecule has 0 bridgehead atoms. The molecule has 0 spiro atoms. The van der Waals surface area contributed by atoms with Gasteiger partial charge in [-0.2, -0.15) is 0 Å². The standard InChI is InChI=1S/C16H25NO/c1-3-4-5-6-7-9-13-12-17-16-14(13)10-8-11-15(16)18-2/h8,10-11,13,17H,3-7,9,12H2,1-2H3. The van der Waals surface area contributed by atoms with Crippen LogP contribution in [0.3, 0.4) is 0 Å². The topological polar surface area (TPSA) is 21.3 Å². The van der Waals surface area contributed by atoms with E-state index in [0.29, 0.717) is 5.92 Å². The summed E-state index contributed by atoms with van der Waals surface area (Å²) in [6, 6.07) is 6.39. The molecule has 1 aliphatic rings. The molecule has 0 amide bonds. The molecule has 0 radical (unpaired) electrons. The van der Waals surface area contributed by atoms with Crippen molar-refractivity contribution in [3.63, 3.8) is 0 Å². The van der Waals surface area contributed by atoms with Crippen LogP contribution in [0.25, 0.3) is 0 Å². The highest BCUT2D eigenvalue weighted by Gasteiger charge is 2.23. The normalized spacial score (nSPS) is 17.3. The monoisotopic (exact) mass is 247 g/mol. The lowest BCUT2D eigenvalue weighted by Gasteiger charge is -2.10. The Morgan fingerprint density at radius 1 is 1.22 bits per heavy atom. The summed E-state index contributed by atoms with van der Waals surface area (Å²) in [6.45, 7) is 3.34. The molecule has 0 aromatic heterocycles. The first-order valence-corrected chi connectivity index (χ1v) is 7.27. The number of hydrogen-bond donors (Lipinski definition) is 1. The third-order valence-corrected chi connectivity index (χ3v) is 3.90. The number of para-hydroxylation sites is 1. The average molecular weight is 247 g/mol. The summed E-state index contributed by atoms with van der Waals surface area (Å²) in [5.74, 6) is 1.66. The van der Waals surface area contributed by atoms with Crippen molar-refractivity contribution >= 4 is 5.69 Å².